The predicted molar refractivity (Wildman–Crippen MR) is 92.6 cm³/mol. The number of esters is 1. The van der Waals surface area contributed by atoms with Gasteiger partial charge in [-0.05, 0) is 18.4 Å². The highest BCUT2D eigenvalue weighted by molar-refractivity contribution is 5.82. The molecule has 0 saturated carbocycles. The van der Waals surface area contributed by atoms with E-state index in [0.29, 0.717) is 32.6 Å². The van der Waals surface area contributed by atoms with E-state index in [1.54, 1.807) is 0 Å². The van der Waals surface area contributed by atoms with Gasteiger partial charge in [0.05, 0.1) is 12.6 Å². The summed E-state index contributed by atoms with van der Waals surface area (Å²) in [5, 5.41) is 2.69. The molecule has 0 heterocycles. The second-order valence-corrected chi connectivity index (χ2v) is 5.50. The molecule has 0 aliphatic carbocycles. The lowest BCUT2D eigenvalue weighted by Gasteiger charge is -2.12. The number of carbonyl (C=O) groups is 3. The molecule has 138 valence electrons. The van der Waals surface area contributed by atoms with Crippen molar-refractivity contribution in [3.05, 3.63) is 35.9 Å². The van der Waals surface area contributed by atoms with Crippen LogP contribution in [0.15, 0.2) is 30.3 Å². The third-order valence-electron chi connectivity index (χ3n) is 3.38. The van der Waals surface area contributed by atoms with Gasteiger partial charge in [0.15, 0.2) is 0 Å². The van der Waals surface area contributed by atoms with E-state index in [1.807, 2.05) is 30.3 Å². The molecular formula is C18H26N2O5. The molecule has 25 heavy (non-hydrogen) atoms. The number of aldehydes is 1. The summed E-state index contributed by atoms with van der Waals surface area (Å²) in [4.78, 5) is 33.6. The summed E-state index contributed by atoms with van der Waals surface area (Å²) in [7, 11) is 0. The number of ether oxygens (including phenoxy) is 2. The number of hydrogen-bond donors (Lipinski definition) is 2. The van der Waals surface area contributed by atoms with Crippen molar-refractivity contribution in [3.8, 4) is 0 Å². The van der Waals surface area contributed by atoms with Crippen LogP contribution in [0.3, 0.4) is 0 Å². The van der Waals surface area contributed by atoms with Crippen LogP contribution in [0.4, 0.5) is 0 Å². The zero-order chi connectivity index (χ0) is 18.3. The summed E-state index contributed by atoms with van der Waals surface area (Å²) in [5.41, 5.74) is 6.67. The number of nitrogens with two attached hydrogens (primary N) is 1. The van der Waals surface area contributed by atoms with E-state index >= 15 is 0 Å². The molecule has 7 nitrogen and oxygen atoms in total. The number of benzene rings is 1. The minimum atomic E-state index is -0.750. The van der Waals surface area contributed by atoms with Gasteiger partial charge in [0.1, 0.15) is 12.9 Å². The number of hydrogen-bond acceptors (Lipinski definition) is 6. The lowest BCUT2D eigenvalue weighted by Crippen LogP contribution is -2.41. The van der Waals surface area contributed by atoms with Gasteiger partial charge in [-0.15, -0.1) is 0 Å². The summed E-state index contributed by atoms with van der Waals surface area (Å²) in [6.45, 7) is 1.51. The van der Waals surface area contributed by atoms with Gasteiger partial charge in [-0.1, -0.05) is 30.3 Å². The van der Waals surface area contributed by atoms with Crippen LogP contribution in [-0.2, 0) is 30.5 Å². The lowest BCUT2D eigenvalue weighted by atomic mass is 10.1. The zero-order valence-electron chi connectivity index (χ0n) is 14.3. The van der Waals surface area contributed by atoms with Crippen molar-refractivity contribution in [2.45, 2.75) is 38.3 Å². The Morgan fingerprint density at radius 2 is 1.96 bits per heavy atom. The fourth-order valence-corrected chi connectivity index (χ4v) is 1.97. The van der Waals surface area contributed by atoms with E-state index in [4.69, 9.17) is 15.2 Å². The van der Waals surface area contributed by atoms with Crippen molar-refractivity contribution in [1.82, 2.24) is 5.32 Å². The van der Waals surface area contributed by atoms with Gasteiger partial charge in [-0.3, -0.25) is 9.59 Å². The Morgan fingerprint density at radius 3 is 2.68 bits per heavy atom. The Hall–Kier alpha value is -2.25. The molecule has 1 unspecified atom stereocenters. The normalized spacial score (nSPS) is 11.6. The first-order valence-electron chi connectivity index (χ1n) is 8.37. The molecule has 0 aromatic heterocycles. The van der Waals surface area contributed by atoms with Gasteiger partial charge in [-0.25, -0.2) is 0 Å². The van der Waals surface area contributed by atoms with Crippen LogP contribution in [0.1, 0.15) is 31.2 Å². The highest BCUT2D eigenvalue weighted by Crippen LogP contribution is 2.03. The topological polar surface area (TPSA) is 108 Å². The molecular weight excluding hydrogens is 324 g/mol. The first kappa shape index (κ1) is 20.8. The third kappa shape index (κ3) is 10.3. The van der Waals surface area contributed by atoms with Gasteiger partial charge in [0.25, 0.3) is 0 Å². The van der Waals surface area contributed by atoms with Gasteiger partial charge >= 0.3 is 5.97 Å². The quantitative estimate of drug-likeness (QED) is 0.311. The molecule has 0 aliphatic heterocycles. The van der Waals surface area contributed by atoms with Crippen molar-refractivity contribution in [1.29, 1.82) is 0 Å². The van der Waals surface area contributed by atoms with Crippen molar-refractivity contribution < 1.29 is 23.9 Å². The van der Waals surface area contributed by atoms with E-state index < -0.39 is 6.04 Å². The Labute approximate surface area is 147 Å². The van der Waals surface area contributed by atoms with Crippen LogP contribution in [-0.4, -0.2) is 44.0 Å². The average Bonchev–Trinajstić information content (AvgIpc) is 2.64. The van der Waals surface area contributed by atoms with Gasteiger partial charge in [0, 0.05) is 26.0 Å². The van der Waals surface area contributed by atoms with Crippen LogP contribution in [0.25, 0.3) is 0 Å². The maximum atomic E-state index is 11.8. The molecule has 3 N–H and O–H groups in total. The molecule has 1 aromatic carbocycles. The number of rotatable bonds is 13. The highest BCUT2D eigenvalue weighted by Gasteiger charge is 2.15. The van der Waals surface area contributed by atoms with Crippen LogP contribution < -0.4 is 11.1 Å². The van der Waals surface area contributed by atoms with Crippen molar-refractivity contribution in [3.63, 3.8) is 0 Å². The van der Waals surface area contributed by atoms with Crippen LogP contribution in [0, 0.1) is 0 Å². The van der Waals surface area contributed by atoms with E-state index in [-0.39, 0.29) is 31.3 Å². The van der Waals surface area contributed by atoms with Crippen LogP contribution in [0.5, 0.6) is 0 Å². The van der Waals surface area contributed by atoms with Crippen molar-refractivity contribution in [2.24, 2.45) is 5.73 Å². The van der Waals surface area contributed by atoms with E-state index in [2.05, 4.69) is 5.32 Å². The zero-order valence-corrected chi connectivity index (χ0v) is 14.3. The van der Waals surface area contributed by atoms with Gasteiger partial charge in [0.2, 0.25) is 5.91 Å². The maximum Gasteiger partial charge on any atom is 0.306 e. The Kier molecular flexibility index (Phi) is 10.9. The Morgan fingerprint density at radius 1 is 1.20 bits per heavy atom. The molecule has 1 aromatic rings. The van der Waals surface area contributed by atoms with Crippen molar-refractivity contribution in [2.75, 3.05) is 19.8 Å². The SMILES string of the molecule is NC(CCC(=O)OCc1ccccc1)C(=O)NCCCOCCC=O. The van der Waals surface area contributed by atoms with Crippen LogP contribution in [0.2, 0.25) is 0 Å². The average molecular weight is 350 g/mol. The molecule has 0 bridgehead atoms. The molecule has 1 atom stereocenters. The van der Waals surface area contributed by atoms with Gasteiger partial charge < -0.3 is 25.3 Å². The molecule has 1 rings (SSSR count). The molecule has 1 amide bonds. The number of carbonyl (C=O) groups excluding carboxylic acids is 3. The van der Waals surface area contributed by atoms with E-state index in [9.17, 15) is 14.4 Å². The van der Waals surface area contributed by atoms with Crippen LogP contribution >= 0.6 is 0 Å². The highest BCUT2D eigenvalue weighted by atomic mass is 16.5. The Balaban J connectivity index is 2.07. The fourth-order valence-electron chi connectivity index (χ4n) is 1.97. The lowest BCUT2D eigenvalue weighted by molar-refractivity contribution is -0.145. The Bertz CT molecular complexity index is 521. The summed E-state index contributed by atoms with van der Waals surface area (Å²) in [5.74, 6) is -0.681. The monoisotopic (exact) mass is 350 g/mol. The summed E-state index contributed by atoms with van der Waals surface area (Å²) in [6, 6.07) is 8.62. The molecule has 7 heteroatoms. The van der Waals surface area contributed by atoms with E-state index in [0.717, 1.165) is 11.8 Å². The standard InChI is InChI=1S/C18H26N2O5/c19-16(18(23)20-10-4-12-24-13-5-11-21)8-9-17(22)25-14-15-6-2-1-3-7-15/h1-3,6-7,11,16H,4-5,8-10,12-14,19H2,(H,20,23). The number of nitrogens with one attached hydrogen (secondary N) is 1. The third-order valence-corrected chi connectivity index (χ3v) is 3.38. The fraction of sp³-hybridized carbons (Fsp3) is 0.500. The number of amides is 1. The minimum Gasteiger partial charge on any atom is -0.461 e. The predicted octanol–water partition coefficient (Wildman–Crippen LogP) is 0.949. The summed E-state index contributed by atoms with van der Waals surface area (Å²) in [6.07, 6.45) is 2.13. The second kappa shape index (κ2) is 13.1. The molecule has 0 radical (unpaired) electrons. The molecule has 0 fully saturated rings. The second-order valence-electron chi connectivity index (χ2n) is 5.50. The maximum absolute atomic E-state index is 11.8. The summed E-state index contributed by atoms with van der Waals surface area (Å²) < 4.78 is 10.3. The van der Waals surface area contributed by atoms with Gasteiger partial charge in [-0.2, -0.15) is 0 Å². The first-order valence-corrected chi connectivity index (χ1v) is 8.37. The first-order chi connectivity index (χ1) is 12.1. The summed E-state index contributed by atoms with van der Waals surface area (Å²) >= 11 is 0. The van der Waals surface area contributed by atoms with Crippen molar-refractivity contribution >= 4 is 18.2 Å². The molecule has 0 aliphatic rings. The largest absolute Gasteiger partial charge is 0.461 e. The minimum absolute atomic E-state index is 0.0935. The van der Waals surface area contributed by atoms with E-state index in [1.165, 1.54) is 0 Å². The molecule has 0 saturated heterocycles. The smallest absolute Gasteiger partial charge is 0.306 e. The molecule has 0 spiro atoms.